The molecule has 0 aromatic carbocycles. The van der Waals surface area contributed by atoms with Crippen molar-refractivity contribution in [1.29, 1.82) is 0 Å². The molecular weight excluding hydrogens is 307 g/mol. The van der Waals surface area contributed by atoms with Gasteiger partial charge in [0.1, 0.15) is 0 Å². The smallest absolute Gasteiger partial charge is 0.0537 e. The van der Waals surface area contributed by atoms with Crippen LogP contribution in [0.1, 0.15) is 43.7 Å². The van der Waals surface area contributed by atoms with Crippen LogP contribution in [0.15, 0.2) is 12.4 Å². The van der Waals surface area contributed by atoms with Crippen molar-refractivity contribution in [3.05, 3.63) is 18.0 Å². The highest BCUT2D eigenvalue weighted by molar-refractivity contribution is 5.85. The Morgan fingerprint density at radius 2 is 2.00 bits per heavy atom. The van der Waals surface area contributed by atoms with E-state index in [0.717, 1.165) is 5.92 Å². The lowest BCUT2D eigenvalue weighted by Gasteiger charge is -2.28. The van der Waals surface area contributed by atoms with Gasteiger partial charge in [0.2, 0.25) is 0 Å². The maximum absolute atomic E-state index is 4.33. The van der Waals surface area contributed by atoms with Gasteiger partial charge in [0, 0.05) is 24.8 Å². The van der Waals surface area contributed by atoms with E-state index in [9.17, 15) is 0 Å². The Morgan fingerprint density at radius 3 is 2.67 bits per heavy atom. The number of nitrogens with one attached hydrogen (secondary N) is 1. The van der Waals surface area contributed by atoms with Gasteiger partial charge in [0.25, 0.3) is 0 Å². The van der Waals surface area contributed by atoms with E-state index in [2.05, 4.69) is 21.5 Å². The van der Waals surface area contributed by atoms with Crippen LogP contribution in [-0.4, -0.2) is 40.9 Å². The molecule has 3 rings (SSSR count). The van der Waals surface area contributed by atoms with Crippen molar-refractivity contribution < 1.29 is 0 Å². The van der Waals surface area contributed by atoms with E-state index in [1.54, 1.807) is 0 Å². The molecule has 0 spiro atoms. The molecule has 1 atom stereocenters. The number of piperidine rings is 1. The van der Waals surface area contributed by atoms with Crippen LogP contribution in [0.2, 0.25) is 0 Å². The van der Waals surface area contributed by atoms with Crippen LogP contribution in [0.25, 0.3) is 0 Å². The molecule has 0 aliphatic carbocycles. The van der Waals surface area contributed by atoms with Crippen molar-refractivity contribution in [2.24, 2.45) is 13.0 Å². The lowest BCUT2D eigenvalue weighted by molar-refractivity contribution is 0.222. The predicted octanol–water partition coefficient (Wildman–Crippen LogP) is 2.79. The first-order chi connectivity index (χ1) is 9.33. The minimum Gasteiger partial charge on any atom is -0.317 e. The van der Waals surface area contributed by atoms with E-state index in [-0.39, 0.29) is 24.8 Å². The van der Waals surface area contributed by atoms with E-state index in [0.29, 0.717) is 6.04 Å². The van der Waals surface area contributed by atoms with E-state index in [1.807, 2.05) is 17.9 Å². The molecule has 122 valence electrons. The second kappa shape index (κ2) is 8.99. The highest BCUT2D eigenvalue weighted by Crippen LogP contribution is 2.32. The molecule has 2 aliphatic heterocycles. The number of likely N-dealkylation sites (tertiary alicyclic amines) is 1. The maximum atomic E-state index is 4.33. The van der Waals surface area contributed by atoms with Crippen LogP contribution in [-0.2, 0) is 7.05 Å². The zero-order chi connectivity index (χ0) is 13.1. The molecule has 21 heavy (non-hydrogen) atoms. The summed E-state index contributed by atoms with van der Waals surface area (Å²) in [6.45, 7) is 4.97. The second-order valence-corrected chi connectivity index (χ2v) is 6.12. The molecule has 1 aromatic heterocycles. The summed E-state index contributed by atoms with van der Waals surface area (Å²) >= 11 is 0. The minimum atomic E-state index is 0. The van der Waals surface area contributed by atoms with Gasteiger partial charge in [0.15, 0.2) is 0 Å². The largest absolute Gasteiger partial charge is 0.317 e. The number of hydrogen-bond donors (Lipinski definition) is 1. The molecule has 2 fully saturated rings. The standard InChI is InChI=1S/C15H26N4.2ClH/c1-18-12-14(11-17-18)15-3-2-9-19(15)10-6-13-4-7-16-8-5-13;;/h11-13,15-16H,2-10H2,1H3;2*1H. The van der Waals surface area contributed by atoms with Crippen LogP contribution in [0.3, 0.4) is 0 Å². The number of rotatable bonds is 4. The third-order valence-electron chi connectivity index (χ3n) is 4.76. The van der Waals surface area contributed by atoms with Gasteiger partial charge in [0.05, 0.1) is 6.20 Å². The summed E-state index contributed by atoms with van der Waals surface area (Å²) in [5.74, 6) is 0.941. The molecule has 0 bridgehead atoms. The Labute approximate surface area is 140 Å². The van der Waals surface area contributed by atoms with Crippen molar-refractivity contribution in [3.63, 3.8) is 0 Å². The normalized spacial score (nSPS) is 23.6. The van der Waals surface area contributed by atoms with E-state index >= 15 is 0 Å². The van der Waals surface area contributed by atoms with Crippen molar-refractivity contribution in [2.75, 3.05) is 26.2 Å². The van der Waals surface area contributed by atoms with Gasteiger partial charge in [-0.05, 0) is 64.2 Å². The topological polar surface area (TPSA) is 33.1 Å². The molecule has 4 nitrogen and oxygen atoms in total. The summed E-state index contributed by atoms with van der Waals surface area (Å²) in [4.78, 5) is 2.68. The molecule has 6 heteroatoms. The molecule has 3 heterocycles. The fourth-order valence-corrected chi connectivity index (χ4v) is 3.60. The molecule has 2 aliphatic rings. The number of halogens is 2. The van der Waals surface area contributed by atoms with Gasteiger partial charge in [-0.1, -0.05) is 0 Å². The van der Waals surface area contributed by atoms with Gasteiger partial charge in [-0.3, -0.25) is 9.58 Å². The Hall–Kier alpha value is -0.290. The molecule has 2 saturated heterocycles. The van der Waals surface area contributed by atoms with Crippen molar-refractivity contribution >= 4 is 24.8 Å². The first kappa shape index (κ1) is 18.8. The summed E-state index contributed by atoms with van der Waals surface area (Å²) in [5, 5.41) is 7.78. The second-order valence-electron chi connectivity index (χ2n) is 6.12. The van der Waals surface area contributed by atoms with Gasteiger partial charge in [-0.15, -0.1) is 24.8 Å². The van der Waals surface area contributed by atoms with Crippen LogP contribution in [0.4, 0.5) is 0 Å². The predicted molar refractivity (Wildman–Crippen MR) is 91.5 cm³/mol. The highest BCUT2D eigenvalue weighted by Gasteiger charge is 2.27. The van der Waals surface area contributed by atoms with E-state index < -0.39 is 0 Å². The highest BCUT2D eigenvalue weighted by atomic mass is 35.5. The van der Waals surface area contributed by atoms with Crippen LogP contribution < -0.4 is 5.32 Å². The average molecular weight is 335 g/mol. The summed E-state index contributed by atoms with van der Waals surface area (Å²) in [6.07, 6.45) is 11.0. The molecule has 0 amide bonds. The number of hydrogen-bond acceptors (Lipinski definition) is 3. The van der Waals surface area contributed by atoms with Crippen LogP contribution in [0.5, 0.6) is 0 Å². The summed E-state index contributed by atoms with van der Waals surface area (Å²) in [5.41, 5.74) is 1.41. The van der Waals surface area contributed by atoms with E-state index in [4.69, 9.17) is 0 Å². The Bertz CT molecular complexity index is 404. The first-order valence-electron chi connectivity index (χ1n) is 7.76. The van der Waals surface area contributed by atoms with E-state index in [1.165, 1.54) is 63.8 Å². The number of nitrogens with zero attached hydrogens (tertiary/aromatic N) is 3. The van der Waals surface area contributed by atoms with Gasteiger partial charge in [-0.2, -0.15) is 5.10 Å². The molecule has 0 saturated carbocycles. The minimum absolute atomic E-state index is 0. The molecule has 1 unspecified atom stereocenters. The monoisotopic (exact) mass is 334 g/mol. The molecule has 1 aromatic rings. The summed E-state index contributed by atoms with van der Waals surface area (Å²) < 4.78 is 1.93. The van der Waals surface area contributed by atoms with Gasteiger partial charge >= 0.3 is 0 Å². The fourth-order valence-electron chi connectivity index (χ4n) is 3.60. The molecule has 0 radical (unpaired) electrons. The zero-order valence-corrected chi connectivity index (χ0v) is 14.5. The lowest BCUT2D eigenvalue weighted by Crippen LogP contribution is -2.31. The zero-order valence-electron chi connectivity index (χ0n) is 12.8. The summed E-state index contributed by atoms with van der Waals surface area (Å²) in [6, 6.07) is 0.621. The van der Waals surface area contributed by atoms with Crippen molar-refractivity contribution in [1.82, 2.24) is 20.0 Å². The SMILES string of the molecule is Cl.Cl.Cn1cc(C2CCCN2CCC2CCNCC2)cn1. The maximum Gasteiger partial charge on any atom is 0.0537 e. The van der Waals surface area contributed by atoms with Gasteiger partial charge < -0.3 is 5.32 Å². The van der Waals surface area contributed by atoms with Gasteiger partial charge in [-0.25, -0.2) is 0 Å². The van der Waals surface area contributed by atoms with Crippen molar-refractivity contribution in [3.8, 4) is 0 Å². The van der Waals surface area contributed by atoms with Crippen molar-refractivity contribution in [2.45, 2.75) is 38.1 Å². The van der Waals surface area contributed by atoms with Crippen LogP contribution >= 0.6 is 24.8 Å². The fraction of sp³-hybridized carbons (Fsp3) is 0.800. The van der Waals surface area contributed by atoms with Crippen LogP contribution in [0, 0.1) is 5.92 Å². The third-order valence-corrected chi connectivity index (χ3v) is 4.76. The molecule has 1 N–H and O–H groups in total. The Kier molecular flexibility index (Phi) is 8.03. The quantitative estimate of drug-likeness (QED) is 0.919. The third kappa shape index (κ3) is 4.85. The molecular formula is C15H28Cl2N4. The Balaban J connectivity index is 0.00000110. The number of aromatic nitrogens is 2. The Morgan fingerprint density at radius 1 is 1.24 bits per heavy atom. The first-order valence-corrected chi connectivity index (χ1v) is 7.76. The average Bonchev–Trinajstić information content (AvgIpc) is 3.06. The number of aryl methyl sites for hydroxylation is 1. The summed E-state index contributed by atoms with van der Waals surface area (Å²) in [7, 11) is 2.01. The lowest BCUT2D eigenvalue weighted by atomic mass is 9.94.